The molecule has 4 nitrogen and oxygen atoms in total. The average molecular weight is 305 g/mol. The van der Waals surface area contributed by atoms with E-state index in [-0.39, 0.29) is 0 Å². The molecule has 4 heteroatoms. The molecule has 1 N–H and O–H groups in total. The van der Waals surface area contributed by atoms with Gasteiger partial charge in [0.15, 0.2) is 6.29 Å². The molecule has 1 saturated heterocycles. The van der Waals surface area contributed by atoms with Gasteiger partial charge in [0.1, 0.15) is 0 Å². The van der Waals surface area contributed by atoms with Gasteiger partial charge in [0.05, 0.1) is 0 Å². The van der Waals surface area contributed by atoms with Crippen LogP contribution >= 0.6 is 0 Å². The minimum Gasteiger partial charge on any atom is -0.368 e. The Kier molecular flexibility index (Phi) is 3.50. The second-order valence-corrected chi connectivity index (χ2v) is 5.90. The Labute approximate surface area is 135 Å². The van der Waals surface area contributed by atoms with Crippen LogP contribution in [0, 0.1) is 0 Å². The van der Waals surface area contributed by atoms with Crippen LogP contribution < -0.4 is 9.80 Å². The van der Waals surface area contributed by atoms with E-state index in [1.54, 1.807) is 6.20 Å². The summed E-state index contributed by atoms with van der Waals surface area (Å²) in [4.78, 5) is 19.1. The van der Waals surface area contributed by atoms with Gasteiger partial charge in [-0.05, 0) is 30.3 Å². The number of carbonyl (C=O) groups is 1. The lowest BCUT2D eigenvalue weighted by Crippen LogP contribution is -2.46. The van der Waals surface area contributed by atoms with Crippen molar-refractivity contribution < 1.29 is 4.79 Å². The zero-order valence-electron chi connectivity index (χ0n) is 12.9. The number of aldehydes is 1. The Bertz CT molecular complexity index is 817. The minimum atomic E-state index is 0.727. The molecule has 23 heavy (non-hydrogen) atoms. The number of benzene rings is 2. The average Bonchev–Trinajstić information content (AvgIpc) is 3.05. The largest absolute Gasteiger partial charge is 0.368 e. The molecule has 4 rings (SSSR count). The second kappa shape index (κ2) is 5.80. The van der Waals surface area contributed by atoms with Crippen molar-refractivity contribution in [3.05, 3.63) is 60.3 Å². The summed E-state index contributed by atoms with van der Waals surface area (Å²) in [5.74, 6) is 0. The molecule has 2 heterocycles. The zero-order valence-corrected chi connectivity index (χ0v) is 12.9. The predicted octanol–water partition coefficient (Wildman–Crippen LogP) is 3.31. The van der Waals surface area contributed by atoms with Crippen LogP contribution in [-0.4, -0.2) is 37.4 Å². The molecular formula is C19H19N3O. The lowest BCUT2D eigenvalue weighted by Gasteiger charge is -2.37. The molecule has 1 aliphatic rings. The van der Waals surface area contributed by atoms with Crippen molar-refractivity contribution in [3.8, 4) is 0 Å². The van der Waals surface area contributed by atoms with Crippen LogP contribution in [0.1, 0.15) is 10.4 Å². The van der Waals surface area contributed by atoms with E-state index in [1.807, 2.05) is 0 Å². The number of rotatable bonds is 3. The van der Waals surface area contributed by atoms with E-state index >= 15 is 0 Å². The number of fused-ring (bicyclic) bond motifs is 1. The molecule has 0 radical (unpaired) electrons. The summed E-state index contributed by atoms with van der Waals surface area (Å²) in [5, 5.41) is 1.00. The number of aromatic nitrogens is 1. The summed E-state index contributed by atoms with van der Waals surface area (Å²) in [6.45, 7) is 3.99. The van der Waals surface area contributed by atoms with Gasteiger partial charge in [-0.1, -0.05) is 18.2 Å². The third-order valence-corrected chi connectivity index (χ3v) is 4.59. The fourth-order valence-electron chi connectivity index (χ4n) is 3.29. The highest BCUT2D eigenvalue weighted by molar-refractivity contribution is 5.98. The molecule has 0 amide bonds. The predicted molar refractivity (Wildman–Crippen MR) is 94.6 cm³/mol. The van der Waals surface area contributed by atoms with Crippen molar-refractivity contribution in [1.82, 2.24) is 4.98 Å². The highest BCUT2D eigenvalue weighted by Crippen LogP contribution is 2.25. The van der Waals surface area contributed by atoms with Gasteiger partial charge in [0.25, 0.3) is 0 Å². The van der Waals surface area contributed by atoms with E-state index in [4.69, 9.17) is 0 Å². The molecule has 0 spiro atoms. The fourth-order valence-corrected chi connectivity index (χ4v) is 3.29. The Morgan fingerprint density at radius 3 is 2.26 bits per heavy atom. The first-order valence-corrected chi connectivity index (χ1v) is 7.96. The highest BCUT2D eigenvalue weighted by atomic mass is 16.1. The minimum absolute atomic E-state index is 0.727. The van der Waals surface area contributed by atoms with Crippen LogP contribution in [0.4, 0.5) is 11.4 Å². The summed E-state index contributed by atoms with van der Waals surface area (Å²) in [6.07, 6.45) is 2.69. The summed E-state index contributed by atoms with van der Waals surface area (Å²) in [6, 6.07) is 16.9. The van der Waals surface area contributed by atoms with Crippen LogP contribution in [0.15, 0.2) is 54.7 Å². The number of nitrogens with zero attached hydrogens (tertiary/aromatic N) is 2. The number of carbonyl (C=O) groups excluding carboxylic acids is 1. The van der Waals surface area contributed by atoms with Gasteiger partial charge in [0.2, 0.25) is 0 Å². The van der Waals surface area contributed by atoms with Gasteiger partial charge in [0, 0.05) is 60.2 Å². The topological polar surface area (TPSA) is 39.3 Å². The molecule has 0 unspecified atom stereocenters. The van der Waals surface area contributed by atoms with E-state index < -0.39 is 0 Å². The van der Waals surface area contributed by atoms with E-state index in [0.717, 1.165) is 48.9 Å². The van der Waals surface area contributed by atoms with E-state index in [9.17, 15) is 4.79 Å². The molecule has 1 aliphatic heterocycles. The van der Waals surface area contributed by atoms with Crippen molar-refractivity contribution >= 4 is 28.6 Å². The van der Waals surface area contributed by atoms with E-state index in [2.05, 4.69) is 63.3 Å². The molecule has 0 bridgehead atoms. The molecule has 0 aliphatic carbocycles. The van der Waals surface area contributed by atoms with Crippen molar-refractivity contribution in [2.24, 2.45) is 0 Å². The number of nitrogens with one attached hydrogen (secondary N) is 1. The lowest BCUT2D eigenvalue weighted by atomic mass is 10.1. The number of piperazine rings is 1. The fraction of sp³-hybridized carbons (Fsp3) is 0.211. The summed E-state index contributed by atoms with van der Waals surface area (Å²) in [7, 11) is 0. The zero-order chi connectivity index (χ0) is 15.6. The first kappa shape index (κ1) is 13.9. The molecule has 3 aromatic rings. The third kappa shape index (κ3) is 2.57. The smallest absolute Gasteiger partial charge is 0.152 e. The number of hydrogen-bond acceptors (Lipinski definition) is 3. The van der Waals surface area contributed by atoms with Crippen LogP contribution in [0.2, 0.25) is 0 Å². The first-order chi connectivity index (χ1) is 11.3. The third-order valence-electron chi connectivity index (χ3n) is 4.59. The van der Waals surface area contributed by atoms with Crippen LogP contribution in [0.25, 0.3) is 10.9 Å². The number of aromatic amines is 1. The maximum absolute atomic E-state index is 11.1. The first-order valence-electron chi connectivity index (χ1n) is 7.96. The SMILES string of the molecule is O=Cc1c[nH]c2ccc(N3CCN(c4ccccc4)CC3)cc12. The molecule has 116 valence electrons. The summed E-state index contributed by atoms with van der Waals surface area (Å²) < 4.78 is 0. The van der Waals surface area contributed by atoms with Crippen LogP contribution in [0.5, 0.6) is 0 Å². The quantitative estimate of drug-likeness (QED) is 0.755. The standard InChI is InChI=1S/C19H19N3O/c23-14-15-13-20-19-7-6-17(12-18(15)19)22-10-8-21(9-11-22)16-4-2-1-3-5-16/h1-7,12-14,20H,8-11H2. The molecule has 0 saturated carbocycles. The Balaban J connectivity index is 1.53. The Morgan fingerprint density at radius 1 is 0.870 bits per heavy atom. The second-order valence-electron chi connectivity index (χ2n) is 5.90. The molecule has 1 aromatic heterocycles. The van der Waals surface area contributed by atoms with E-state index in [1.165, 1.54) is 11.4 Å². The van der Waals surface area contributed by atoms with Crippen molar-refractivity contribution in [2.45, 2.75) is 0 Å². The molecule has 0 atom stereocenters. The molecule has 2 aromatic carbocycles. The number of para-hydroxylation sites is 1. The van der Waals surface area contributed by atoms with Gasteiger partial charge in [-0.15, -0.1) is 0 Å². The summed E-state index contributed by atoms with van der Waals surface area (Å²) in [5.41, 5.74) is 4.22. The normalized spacial score (nSPS) is 15.1. The van der Waals surface area contributed by atoms with Gasteiger partial charge in [-0.3, -0.25) is 4.79 Å². The summed E-state index contributed by atoms with van der Waals surface area (Å²) >= 11 is 0. The number of anilines is 2. The Hall–Kier alpha value is -2.75. The van der Waals surface area contributed by atoms with E-state index in [0.29, 0.717) is 0 Å². The Morgan fingerprint density at radius 2 is 1.57 bits per heavy atom. The van der Waals surface area contributed by atoms with Crippen LogP contribution in [-0.2, 0) is 0 Å². The van der Waals surface area contributed by atoms with Crippen molar-refractivity contribution in [2.75, 3.05) is 36.0 Å². The van der Waals surface area contributed by atoms with Gasteiger partial charge < -0.3 is 14.8 Å². The maximum Gasteiger partial charge on any atom is 0.152 e. The van der Waals surface area contributed by atoms with Gasteiger partial charge in [-0.2, -0.15) is 0 Å². The van der Waals surface area contributed by atoms with Crippen molar-refractivity contribution in [3.63, 3.8) is 0 Å². The molecular weight excluding hydrogens is 286 g/mol. The number of hydrogen-bond donors (Lipinski definition) is 1. The molecule has 1 fully saturated rings. The van der Waals surface area contributed by atoms with Gasteiger partial charge >= 0.3 is 0 Å². The van der Waals surface area contributed by atoms with Crippen molar-refractivity contribution in [1.29, 1.82) is 0 Å². The highest BCUT2D eigenvalue weighted by Gasteiger charge is 2.18. The van der Waals surface area contributed by atoms with Crippen LogP contribution in [0.3, 0.4) is 0 Å². The monoisotopic (exact) mass is 305 g/mol. The number of H-pyrrole nitrogens is 1. The maximum atomic E-state index is 11.1. The lowest BCUT2D eigenvalue weighted by molar-refractivity contribution is 0.112. The van der Waals surface area contributed by atoms with Gasteiger partial charge in [-0.25, -0.2) is 0 Å².